The largest absolute Gasteiger partial charge is 2.00 e. The van der Waals surface area contributed by atoms with E-state index in [1.165, 1.54) is 0 Å². The van der Waals surface area contributed by atoms with Crippen LogP contribution in [0.15, 0.2) is 48.5 Å². The molecule has 0 saturated heterocycles. The molecule has 0 saturated carbocycles. The van der Waals surface area contributed by atoms with Crippen LogP contribution in [0.2, 0.25) is 0 Å². The van der Waals surface area contributed by atoms with Crippen LogP contribution in [0.25, 0.3) is 0 Å². The Kier molecular flexibility index (Phi) is 14.9. The number of hydrogen-bond donors (Lipinski definition) is 1. The average molecular weight is 381 g/mol. The van der Waals surface area contributed by atoms with Gasteiger partial charge in [0.15, 0.2) is 0 Å². The van der Waals surface area contributed by atoms with Crippen LogP contribution in [0.4, 0.5) is 0 Å². The van der Waals surface area contributed by atoms with Crippen LogP contribution >= 0.6 is 0 Å². The van der Waals surface area contributed by atoms with Crippen LogP contribution in [0.1, 0.15) is 6.92 Å². The first kappa shape index (κ1) is 21.5. The molecule has 116 valence electrons. The van der Waals surface area contributed by atoms with Gasteiger partial charge in [-0.05, 0) is 0 Å². The third-order valence-corrected chi connectivity index (χ3v) is 1.85. The van der Waals surface area contributed by atoms with Crippen LogP contribution < -0.4 is 9.47 Å². The summed E-state index contributed by atoms with van der Waals surface area (Å²) in [6.07, 6.45) is 0. The maximum absolute atomic E-state index is 9.00. The van der Waals surface area contributed by atoms with Gasteiger partial charge < -0.3 is 14.6 Å². The molecule has 5 heteroatoms. The number of rotatable bonds is 2. The van der Waals surface area contributed by atoms with E-state index in [4.69, 9.17) is 19.4 Å². The molecule has 2 aromatic rings. The quantitative estimate of drug-likeness (QED) is 0.642. The van der Waals surface area contributed by atoms with Gasteiger partial charge in [0, 0.05) is 18.4 Å². The summed E-state index contributed by atoms with van der Waals surface area (Å²) in [4.78, 5) is 9.00. The van der Waals surface area contributed by atoms with E-state index in [0.717, 1.165) is 18.4 Å². The molecular formula is C16H18O4Pd. The monoisotopic (exact) mass is 380 g/mol. The van der Waals surface area contributed by atoms with E-state index in [0.29, 0.717) is 0 Å². The second kappa shape index (κ2) is 14.6. The Balaban J connectivity index is 0. The molecule has 0 aliphatic rings. The van der Waals surface area contributed by atoms with Gasteiger partial charge >= 0.3 is 20.4 Å². The van der Waals surface area contributed by atoms with E-state index in [-0.39, 0.29) is 20.4 Å². The molecule has 2 rings (SSSR count). The molecule has 0 aliphatic heterocycles. The molecule has 0 heterocycles. The molecule has 1 N–H and O–H groups in total. The topological polar surface area (TPSA) is 55.8 Å². The second-order valence-corrected chi connectivity index (χ2v) is 3.40. The van der Waals surface area contributed by atoms with Crippen LogP contribution in [0.3, 0.4) is 0 Å². The van der Waals surface area contributed by atoms with Crippen molar-refractivity contribution in [3.8, 4) is 11.5 Å². The Labute approximate surface area is 139 Å². The number of methoxy groups -OCH3 is 2. The molecule has 0 aromatic heterocycles. The van der Waals surface area contributed by atoms with Crippen molar-refractivity contribution in [3.63, 3.8) is 0 Å². The summed E-state index contributed by atoms with van der Waals surface area (Å²) in [5.41, 5.74) is 0. The number of aliphatic carboxylic acids is 1. The SMILES string of the molecule is CC(=O)O.COc1cc[c-]cc1.COc1cc[c-]cc1.[Pd+2]. The van der Waals surface area contributed by atoms with E-state index < -0.39 is 5.97 Å². The minimum Gasteiger partial charge on any atom is -0.522 e. The van der Waals surface area contributed by atoms with Crippen molar-refractivity contribution < 1.29 is 39.8 Å². The van der Waals surface area contributed by atoms with E-state index in [9.17, 15) is 0 Å². The van der Waals surface area contributed by atoms with E-state index in [2.05, 4.69) is 12.1 Å². The molecule has 4 nitrogen and oxygen atoms in total. The first-order chi connectivity index (χ1) is 9.60. The Morgan fingerprint density at radius 3 is 1.29 bits per heavy atom. The first-order valence-electron chi connectivity index (χ1n) is 5.80. The normalized spacial score (nSPS) is 7.76. The molecule has 2 aromatic carbocycles. The summed E-state index contributed by atoms with van der Waals surface area (Å²) >= 11 is 0. The predicted molar refractivity (Wildman–Crippen MR) is 77.0 cm³/mol. The minimum atomic E-state index is -0.833. The first-order valence-corrected chi connectivity index (χ1v) is 5.80. The summed E-state index contributed by atoms with van der Waals surface area (Å²) in [6.45, 7) is 1.08. The Bertz CT molecular complexity index is 417. The van der Waals surface area contributed by atoms with Crippen molar-refractivity contribution in [3.05, 3.63) is 60.7 Å². The maximum atomic E-state index is 9.00. The minimum absolute atomic E-state index is 0. The molecule has 0 fully saturated rings. The fourth-order valence-corrected chi connectivity index (χ4v) is 1.02. The third-order valence-electron chi connectivity index (χ3n) is 1.85. The summed E-state index contributed by atoms with van der Waals surface area (Å²) in [5, 5.41) is 7.42. The zero-order valence-corrected chi connectivity index (χ0v) is 13.7. The summed E-state index contributed by atoms with van der Waals surface area (Å²) in [5.74, 6) is 0.924. The standard InChI is InChI=1S/2C7H7O.C2H4O2.Pd/c2*1-8-7-5-3-2-4-6-7;1-2(3)4;/h2*3-6H,1H3;1H3,(H,3,4);/q2*-1;;+2. The number of benzene rings is 2. The molecule has 0 unspecified atom stereocenters. The molecule has 0 spiro atoms. The van der Waals surface area contributed by atoms with Gasteiger partial charge in [0.2, 0.25) is 0 Å². The van der Waals surface area contributed by atoms with Gasteiger partial charge in [-0.1, -0.05) is 0 Å². The zero-order chi connectivity index (χ0) is 15.2. The van der Waals surface area contributed by atoms with E-state index >= 15 is 0 Å². The van der Waals surface area contributed by atoms with Gasteiger partial charge in [0.05, 0.1) is 14.2 Å². The molecule has 0 radical (unpaired) electrons. The van der Waals surface area contributed by atoms with Gasteiger partial charge in [0.25, 0.3) is 5.97 Å². The van der Waals surface area contributed by atoms with Crippen LogP contribution in [-0.2, 0) is 25.2 Å². The maximum Gasteiger partial charge on any atom is 2.00 e. The second-order valence-electron chi connectivity index (χ2n) is 3.40. The van der Waals surface area contributed by atoms with Crippen molar-refractivity contribution in [1.82, 2.24) is 0 Å². The predicted octanol–water partition coefficient (Wildman–Crippen LogP) is 3.08. The smallest absolute Gasteiger partial charge is 0.522 e. The van der Waals surface area contributed by atoms with Crippen molar-refractivity contribution in [2.24, 2.45) is 0 Å². The molecular weight excluding hydrogens is 363 g/mol. The average Bonchev–Trinajstić information content (AvgIpc) is 2.49. The zero-order valence-electron chi connectivity index (χ0n) is 12.1. The van der Waals surface area contributed by atoms with Gasteiger partial charge in [0.1, 0.15) is 0 Å². The van der Waals surface area contributed by atoms with Crippen molar-refractivity contribution in [2.45, 2.75) is 6.92 Å². The Morgan fingerprint density at radius 2 is 1.14 bits per heavy atom. The van der Waals surface area contributed by atoms with Crippen LogP contribution in [0, 0.1) is 12.1 Å². The number of ether oxygens (including phenoxy) is 2. The molecule has 0 amide bonds. The number of hydrogen-bond acceptors (Lipinski definition) is 3. The fourth-order valence-electron chi connectivity index (χ4n) is 1.02. The summed E-state index contributed by atoms with van der Waals surface area (Å²) < 4.78 is 9.79. The third kappa shape index (κ3) is 14.4. The Hall–Kier alpha value is -1.83. The van der Waals surface area contributed by atoms with Crippen molar-refractivity contribution in [2.75, 3.05) is 14.2 Å². The number of carboxylic acids is 1. The van der Waals surface area contributed by atoms with E-state index in [1.807, 2.05) is 48.5 Å². The molecule has 0 bridgehead atoms. The van der Waals surface area contributed by atoms with Crippen LogP contribution in [-0.4, -0.2) is 25.3 Å². The van der Waals surface area contributed by atoms with Gasteiger partial charge in [-0.3, -0.25) is 4.79 Å². The van der Waals surface area contributed by atoms with Gasteiger partial charge in [-0.25, -0.2) is 0 Å². The van der Waals surface area contributed by atoms with Gasteiger partial charge in [-0.15, -0.1) is 24.3 Å². The van der Waals surface area contributed by atoms with E-state index in [1.54, 1.807) is 14.2 Å². The summed E-state index contributed by atoms with van der Waals surface area (Å²) in [6, 6.07) is 20.5. The number of carbonyl (C=O) groups is 1. The fraction of sp³-hybridized carbons (Fsp3) is 0.188. The Morgan fingerprint density at radius 1 is 0.905 bits per heavy atom. The van der Waals surface area contributed by atoms with Crippen molar-refractivity contribution >= 4 is 5.97 Å². The summed E-state index contributed by atoms with van der Waals surface area (Å²) in [7, 11) is 3.30. The molecule has 0 atom stereocenters. The molecule has 21 heavy (non-hydrogen) atoms. The van der Waals surface area contributed by atoms with Crippen LogP contribution in [0.5, 0.6) is 11.5 Å². The molecule has 0 aliphatic carbocycles. The van der Waals surface area contributed by atoms with Crippen molar-refractivity contribution in [1.29, 1.82) is 0 Å². The number of carboxylic acid groups (broad SMARTS) is 1. The van der Waals surface area contributed by atoms with Gasteiger partial charge in [-0.2, -0.15) is 36.4 Å².